The van der Waals surface area contributed by atoms with E-state index in [-0.39, 0.29) is 5.91 Å². The zero-order valence-electron chi connectivity index (χ0n) is 24.9. The largest absolute Gasteiger partial charge is 0.497 e. The summed E-state index contributed by atoms with van der Waals surface area (Å²) in [6, 6.07) is 14.9. The predicted molar refractivity (Wildman–Crippen MR) is 168 cm³/mol. The van der Waals surface area contributed by atoms with Crippen LogP contribution in [0.25, 0.3) is 0 Å². The Kier molecular flexibility index (Phi) is 13.1. The first-order chi connectivity index (χ1) is 21.6. The van der Waals surface area contributed by atoms with Crippen LogP contribution in [0.3, 0.4) is 0 Å². The van der Waals surface area contributed by atoms with Gasteiger partial charge < -0.3 is 45.8 Å². The van der Waals surface area contributed by atoms with Crippen molar-refractivity contribution in [1.82, 2.24) is 29.8 Å². The molecule has 0 aliphatic rings. The monoisotopic (exact) mass is 604 g/mol. The van der Waals surface area contributed by atoms with E-state index in [1.165, 1.54) is 0 Å². The smallest absolute Gasteiger partial charge is 0.251 e. The summed E-state index contributed by atoms with van der Waals surface area (Å²) in [4.78, 5) is 30.5. The number of aryl methyl sites for hydroxylation is 1. The van der Waals surface area contributed by atoms with E-state index in [9.17, 15) is 4.79 Å². The number of methoxy groups -OCH3 is 1. The van der Waals surface area contributed by atoms with Crippen LogP contribution in [0, 0.1) is 0 Å². The van der Waals surface area contributed by atoms with Crippen molar-refractivity contribution in [3.05, 3.63) is 78.4 Å². The fourth-order valence-corrected chi connectivity index (χ4v) is 4.01. The fourth-order valence-electron chi connectivity index (χ4n) is 4.01. The standard InChI is InChI=1S/C30H40N10O4/c1-42-26-8-6-23(7-9-26)21-35-29-37-28(34-11-3-14-40-15-12-32-22-40)38-30(39-29)36-25-5-2-4-24(20-25)27(41)33-13-17-44-19-18-43-16-10-31/h2,4-9,12,15,20,22H,3,10-11,13-14,16-19,21,31H2,1H3,(H,33,41)(H3,34,35,36,37,38,39). The third-order valence-electron chi connectivity index (χ3n) is 6.23. The van der Waals surface area contributed by atoms with Crippen LogP contribution in [0.5, 0.6) is 5.75 Å². The van der Waals surface area contributed by atoms with Crippen molar-refractivity contribution < 1.29 is 19.0 Å². The second-order valence-corrected chi connectivity index (χ2v) is 9.56. The Hall–Kier alpha value is -4.79. The predicted octanol–water partition coefficient (Wildman–Crippen LogP) is 2.66. The highest BCUT2D eigenvalue weighted by Gasteiger charge is 2.10. The van der Waals surface area contributed by atoms with Gasteiger partial charge in [0.05, 0.1) is 39.9 Å². The highest BCUT2D eigenvalue weighted by molar-refractivity contribution is 5.95. The van der Waals surface area contributed by atoms with Gasteiger partial charge in [-0.05, 0) is 42.3 Å². The topological polar surface area (TPSA) is 175 Å². The Labute approximate surface area is 256 Å². The molecule has 14 nitrogen and oxygen atoms in total. The Morgan fingerprint density at radius 1 is 0.909 bits per heavy atom. The van der Waals surface area contributed by atoms with E-state index in [4.69, 9.17) is 19.9 Å². The number of ether oxygens (including phenoxy) is 3. The van der Waals surface area contributed by atoms with Gasteiger partial charge in [-0.1, -0.05) is 18.2 Å². The number of anilines is 4. The highest BCUT2D eigenvalue weighted by Crippen LogP contribution is 2.18. The number of hydrogen-bond acceptors (Lipinski definition) is 12. The van der Waals surface area contributed by atoms with Gasteiger partial charge in [0.1, 0.15) is 5.75 Å². The number of imidazole rings is 1. The van der Waals surface area contributed by atoms with Gasteiger partial charge in [0.15, 0.2) is 0 Å². The Bertz CT molecular complexity index is 1400. The first-order valence-corrected chi connectivity index (χ1v) is 14.5. The summed E-state index contributed by atoms with van der Waals surface area (Å²) in [5.74, 6) is 1.73. The first-order valence-electron chi connectivity index (χ1n) is 14.5. The third kappa shape index (κ3) is 11.1. The number of carbonyl (C=O) groups is 1. The summed E-state index contributed by atoms with van der Waals surface area (Å²) in [7, 11) is 1.64. The number of nitrogens with one attached hydrogen (secondary N) is 4. The molecule has 0 unspecified atom stereocenters. The molecule has 0 radical (unpaired) electrons. The number of rotatable bonds is 20. The summed E-state index contributed by atoms with van der Waals surface area (Å²) in [6.45, 7) is 4.62. The number of nitrogens with two attached hydrogens (primary N) is 1. The molecule has 0 saturated heterocycles. The van der Waals surface area contributed by atoms with Crippen molar-refractivity contribution in [2.24, 2.45) is 5.73 Å². The maximum atomic E-state index is 12.7. The fraction of sp³-hybridized carbons (Fsp3) is 0.367. The minimum atomic E-state index is -0.214. The average Bonchev–Trinajstić information content (AvgIpc) is 3.57. The molecule has 0 atom stereocenters. The van der Waals surface area contributed by atoms with E-state index in [1.54, 1.807) is 37.8 Å². The van der Waals surface area contributed by atoms with E-state index in [2.05, 4.69) is 41.2 Å². The summed E-state index contributed by atoms with van der Waals surface area (Å²) < 4.78 is 18.0. The van der Waals surface area contributed by atoms with Gasteiger partial charge in [-0.15, -0.1) is 0 Å². The van der Waals surface area contributed by atoms with E-state index in [0.29, 0.717) is 81.7 Å². The number of nitrogens with zero attached hydrogens (tertiary/aromatic N) is 5. The molecule has 0 fully saturated rings. The van der Waals surface area contributed by atoms with Crippen molar-refractivity contribution >= 4 is 29.4 Å². The first kappa shape index (κ1) is 32.1. The number of aromatic nitrogens is 5. The van der Waals surface area contributed by atoms with Crippen LogP contribution in [0.15, 0.2) is 67.3 Å². The highest BCUT2D eigenvalue weighted by atomic mass is 16.5. The SMILES string of the molecule is COc1ccc(CNc2nc(NCCCn3ccnc3)nc(Nc3cccc(C(=O)NCCOCCOCCN)c3)n2)cc1. The number of amides is 1. The van der Waals surface area contributed by atoms with Gasteiger partial charge >= 0.3 is 0 Å². The van der Waals surface area contributed by atoms with Crippen molar-refractivity contribution in [2.45, 2.75) is 19.5 Å². The molecule has 1 amide bonds. The molecule has 0 aliphatic carbocycles. The minimum Gasteiger partial charge on any atom is -0.497 e. The maximum absolute atomic E-state index is 12.7. The van der Waals surface area contributed by atoms with Gasteiger partial charge in [-0.2, -0.15) is 15.0 Å². The molecule has 4 aromatic rings. The van der Waals surface area contributed by atoms with E-state index >= 15 is 0 Å². The van der Waals surface area contributed by atoms with Gasteiger partial charge in [0.25, 0.3) is 5.91 Å². The normalized spacial score (nSPS) is 10.8. The lowest BCUT2D eigenvalue weighted by Gasteiger charge is -2.12. The Morgan fingerprint density at radius 2 is 1.68 bits per heavy atom. The summed E-state index contributed by atoms with van der Waals surface area (Å²) in [5, 5.41) is 12.6. The van der Waals surface area contributed by atoms with Gasteiger partial charge in [-0.3, -0.25) is 4.79 Å². The molecule has 2 aromatic carbocycles. The molecular formula is C30H40N10O4. The van der Waals surface area contributed by atoms with Crippen LogP contribution >= 0.6 is 0 Å². The van der Waals surface area contributed by atoms with Crippen molar-refractivity contribution in [3.8, 4) is 5.75 Å². The number of hydrogen-bond donors (Lipinski definition) is 5. The summed E-state index contributed by atoms with van der Waals surface area (Å²) in [6.07, 6.45) is 6.32. The third-order valence-corrected chi connectivity index (χ3v) is 6.23. The van der Waals surface area contributed by atoms with Gasteiger partial charge in [-0.25, -0.2) is 4.98 Å². The number of carbonyl (C=O) groups excluding carboxylic acids is 1. The van der Waals surface area contributed by atoms with Crippen LogP contribution in [0.4, 0.5) is 23.5 Å². The molecule has 2 aromatic heterocycles. The molecule has 0 saturated carbocycles. The van der Waals surface area contributed by atoms with E-state index in [1.807, 2.05) is 41.1 Å². The minimum absolute atomic E-state index is 0.214. The second-order valence-electron chi connectivity index (χ2n) is 9.56. The van der Waals surface area contributed by atoms with Crippen molar-refractivity contribution in [2.75, 3.05) is 69.1 Å². The van der Waals surface area contributed by atoms with E-state index in [0.717, 1.165) is 24.3 Å². The Balaban J connectivity index is 1.36. The maximum Gasteiger partial charge on any atom is 0.251 e. The molecule has 44 heavy (non-hydrogen) atoms. The molecule has 14 heteroatoms. The summed E-state index contributed by atoms with van der Waals surface area (Å²) in [5.41, 5.74) is 7.57. The second kappa shape index (κ2) is 18.0. The zero-order chi connectivity index (χ0) is 30.8. The van der Waals surface area contributed by atoms with Crippen LogP contribution in [-0.2, 0) is 22.6 Å². The molecule has 4 rings (SSSR count). The van der Waals surface area contributed by atoms with Crippen LogP contribution in [-0.4, -0.2) is 83.6 Å². The molecule has 0 spiro atoms. The van der Waals surface area contributed by atoms with Crippen molar-refractivity contribution in [3.63, 3.8) is 0 Å². The lowest BCUT2D eigenvalue weighted by atomic mass is 10.2. The Morgan fingerprint density at radius 3 is 2.43 bits per heavy atom. The van der Waals surface area contributed by atoms with Crippen LogP contribution < -0.4 is 31.7 Å². The quantitative estimate of drug-likeness (QED) is 0.0934. The van der Waals surface area contributed by atoms with Crippen molar-refractivity contribution in [1.29, 1.82) is 0 Å². The van der Waals surface area contributed by atoms with Crippen LogP contribution in [0.1, 0.15) is 22.3 Å². The summed E-state index contributed by atoms with van der Waals surface area (Å²) >= 11 is 0. The molecule has 0 aliphatic heterocycles. The van der Waals surface area contributed by atoms with Gasteiger partial charge in [0, 0.05) is 56.4 Å². The average molecular weight is 605 g/mol. The number of benzene rings is 2. The van der Waals surface area contributed by atoms with Crippen LogP contribution in [0.2, 0.25) is 0 Å². The van der Waals surface area contributed by atoms with Gasteiger partial charge in [0.2, 0.25) is 17.8 Å². The lowest BCUT2D eigenvalue weighted by molar-refractivity contribution is 0.0511. The zero-order valence-corrected chi connectivity index (χ0v) is 24.9. The van der Waals surface area contributed by atoms with E-state index < -0.39 is 0 Å². The molecule has 6 N–H and O–H groups in total. The lowest BCUT2D eigenvalue weighted by Crippen LogP contribution is -2.27. The molecule has 2 heterocycles. The molecular weight excluding hydrogens is 564 g/mol. The molecule has 0 bridgehead atoms. The molecule has 234 valence electrons.